The number of hydrogen-bond acceptors (Lipinski definition) is 5. The van der Waals surface area contributed by atoms with Gasteiger partial charge in [-0.3, -0.25) is 0 Å². The van der Waals surface area contributed by atoms with E-state index in [-0.39, 0.29) is 6.61 Å². The number of halogens is 1. The predicted octanol–water partition coefficient (Wildman–Crippen LogP) is 3.42. The van der Waals surface area contributed by atoms with E-state index in [1.807, 2.05) is 49.4 Å². The summed E-state index contributed by atoms with van der Waals surface area (Å²) in [5, 5.41) is 12.7. The molecule has 0 aromatic heterocycles. The molecule has 0 aliphatic heterocycles. The maximum Gasteiger partial charge on any atom is 0.161 e. The van der Waals surface area contributed by atoms with Crippen molar-refractivity contribution in [1.82, 2.24) is 5.32 Å². The summed E-state index contributed by atoms with van der Waals surface area (Å²) < 4.78 is 16.8. The summed E-state index contributed by atoms with van der Waals surface area (Å²) in [4.78, 5) is 0. The Bertz CT molecular complexity index is 666. The lowest BCUT2D eigenvalue weighted by Gasteiger charge is -2.14. The van der Waals surface area contributed by atoms with E-state index in [0.29, 0.717) is 43.7 Å². The molecule has 0 radical (unpaired) electrons. The Morgan fingerprint density at radius 2 is 1.88 bits per heavy atom. The second-order valence-corrected chi connectivity index (χ2v) is 6.08. The first-order valence-corrected chi connectivity index (χ1v) is 9.13. The van der Waals surface area contributed by atoms with Gasteiger partial charge in [0.15, 0.2) is 11.5 Å². The number of rotatable bonds is 12. The Balaban J connectivity index is 1.90. The Kier molecular flexibility index (Phi) is 9.28. The van der Waals surface area contributed by atoms with Crippen molar-refractivity contribution in [2.24, 2.45) is 0 Å². The van der Waals surface area contributed by atoms with Gasteiger partial charge in [-0.25, -0.2) is 0 Å². The number of aliphatic hydroxyl groups excluding tert-OH is 1. The van der Waals surface area contributed by atoms with E-state index in [4.69, 9.17) is 30.9 Å². The topological polar surface area (TPSA) is 60.0 Å². The van der Waals surface area contributed by atoms with Gasteiger partial charge in [0.2, 0.25) is 0 Å². The summed E-state index contributed by atoms with van der Waals surface area (Å²) in [5.41, 5.74) is 2.11. The summed E-state index contributed by atoms with van der Waals surface area (Å²) in [6.45, 7) is 5.36. The molecule has 142 valence electrons. The first-order valence-electron chi connectivity index (χ1n) is 8.75. The average Bonchev–Trinajstić information content (AvgIpc) is 2.64. The van der Waals surface area contributed by atoms with Crippen LogP contribution in [0.1, 0.15) is 18.1 Å². The quantitative estimate of drug-likeness (QED) is 0.553. The first-order chi connectivity index (χ1) is 12.7. The molecule has 0 spiro atoms. The van der Waals surface area contributed by atoms with Gasteiger partial charge in [-0.15, -0.1) is 0 Å². The minimum atomic E-state index is 0.0500. The fourth-order valence-corrected chi connectivity index (χ4v) is 2.59. The van der Waals surface area contributed by atoms with E-state index in [9.17, 15) is 0 Å². The highest BCUT2D eigenvalue weighted by atomic mass is 35.5. The smallest absolute Gasteiger partial charge is 0.161 e. The monoisotopic (exact) mass is 379 g/mol. The molecule has 0 aliphatic rings. The molecule has 0 aliphatic carbocycles. The molecule has 0 amide bonds. The average molecular weight is 380 g/mol. The molecule has 0 saturated heterocycles. The molecule has 0 heterocycles. The fraction of sp³-hybridized carbons (Fsp3) is 0.400. The predicted molar refractivity (Wildman–Crippen MR) is 103 cm³/mol. The highest BCUT2D eigenvalue weighted by Crippen LogP contribution is 2.29. The van der Waals surface area contributed by atoms with Crippen molar-refractivity contribution >= 4 is 11.6 Å². The van der Waals surface area contributed by atoms with Crippen LogP contribution >= 0.6 is 11.6 Å². The van der Waals surface area contributed by atoms with Gasteiger partial charge in [0, 0.05) is 18.1 Å². The van der Waals surface area contributed by atoms with Gasteiger partial charge in [-0.05, 0) is 42.3 Å². The standard InChI is InChI=1S/C20H26ClNO4/c1-2-25-20-13-16(14-22-8-10-24-11-9-23)6-7-19(20)26-15-17-4-3-5-18(21)12-17/h3-7,12-13,22-23H,2,8-11,14-15H2,1H3. The highest BCUT2D eigenvalue weighted by molar-refractivity contribution is 6.30. The molecule has 2 aromatic carbocycles. The molecular weight excluding hydrogens is 354 g/mol. The number of aliphatic hydroxyl groups is 1. The summed E-state index contributed by atoms with van der Waals surface area (Å²) >= 11 is 6.01. The lowest BCUT2D eigenvalue weighted by atomic mass is 10.2. The van der Waals surface area contributed by atoms with Crippen LogP contribution in [0.15, 0.2) is 42.5 Å². The normalized spacial score (nSPS) is 10.7. The van der Waals surface area contributed by atoms with Crippen molar-refractivity contribution in [3.63, 3.8) is 0 Å². The Morgan fingerprint density at radius 1 is 1.00 bits per heavy atom. The van der Waals surface area contributed by atoms with Crippen LogP contribution in [-0.2, 0) is 17.9 Å². The summed E-state index contributed by atoms with van der Waals surface area (Å²) in [6.07, 6.45) is 0. The second kappa shape index (κ2) is 11.8. The minimum absolute atomic E-state index is 0.0500. The van der Waals surface area contributed by atoms with Crippen LogP contribution < -0.4 is 14.8 Å². The number of nitrogens with one attached hydrogen (secondary N) is 1. The third-order valence-electron chi connectivity index (χ3n) is 3.58. The third kappa shape index (κ3) is 7.22. The molecule has 0 atom stereocenters. The second-order valence-electron chi connectivity index (χ2n) is 5.65. The van der Waals surface area contributed by atoms with Crippen LogP contribution in [0.5, 0.6) is 11.5 Å². The zero-order chi connectivity index (χ0) is 18.6. The number of ether oxygens (including phenoxy) is 3. The molecule has 26 heavy (non-hydrogen) atoms. The van der Waals surface area contributed by atoms with Gasteiger partial charge in [0.1, 0.15) is 6.61 Å². The largest absolute Gasteiger partial charge is 0.490 e. The van der Waals surface area contributed by atoms with E-state index in [0.717, 1.165) is 23.4 Å². The van der Waals surface area contributed by atoms with Gasteiger partial charge in [-0.1, -0.05) is 29.8 Å². The number of hydrogen-bond donors (Lipinski definition) is 2. The lowest BCUT2D eigenvalue weighted by molar-refractivity contribution is 0.0938. The summed E-state index contributed by atoms with van der Waals surface area (Å²) in [7, 11) is 0. The minimum Gasteiger partial charge on any atom is -0.490 e. The van der Waals surface area contributed by atoms with E-state index in [1.165, 1.54) is 0 Å². The van der Waals surface area contributed by atoms with Crippen molar-refractivity contribution in [3.8, 4) is 11.5 Å². The van der Waals surface area contributed by atoms with Crippen LogP contribution in [0, 0.1) is 0 Å². The molecule has 2 N–H and O–H groups in total. The molecule has 2 rings (SSSR count). The van der Waals surface area contributed by atoms with Gasteiger partial charge in [0.05, 0.1) is 26.4 Å². The van der Waals surface area contributed by atoms with Crippen LogP contribution in [0.4, 0.5) is 0 Å². The van der Waals surface area contributed by atoms with Gasteiger partial charge in [0.25, 0.3) is 0 Å². The van der Waals surface area contributed by atoms with E-state index in [1.54, 1.807) is 0 Å². The van der Waals surface area contributed by atoms with Gasteiger partial charge < -0.3 is 24.6 Å². The van der Waals surface area contributed by atoms with Gasteiger partial charge >= 0.3 is 0 Å². The van der Waals surface area contributed by atoms with E-state index >= 15 is 0 Å². The van der Waals surface area contributed by atoms with Crippen molar-refractivity contribution in [1.29, 1.82) is 0 Å². The zero-order valence-corrected chi connectivity index (χ0v) is 15.8. The molecular formula is C20H26ClNO4. The molecule has 6 heteroatoms. The highest BCUT2D eigenvalue weighted by Gasteiger charge is 2.07. The number of benzene rings is 2. The van der Waals surface area contributed by atoms with Crippen molar-refractivity contribution < 1.29 is 19.3 Å². The Hall–Kier alpha value is -1.79. The van der Waals surface area contributed by atoms with E-state index < -0.39 is 0 Å². The fourth-order valence-electron chi connectivity index (χ4n) is 2.38. The van der Waals surface area contributed by atoms with Crippen molar-refractivity contribution in [2.45, 2.75) is 20.1 Å². The third-order valence-corrected chi connectivity index (χ3v) is 3.81. The molecule has 2 aromatic rings. The molecule has 0 fully saturated rings. The van der Waals surface area contributed by atoms with Crippen molar-refractivity contribution in [2.75, 3.05) is 33.0 Å². The van der Waals surface area contributed by atoms with Gasteiger partial charge in [-0.2, -0.15) is 0 Å². The van der Waals surface area contributed by atoms with Crippen LogP contribution in [0.2, 0.25) is 5.02 Å². The van der Waals surface area contributed by atoms with E-state index in [2.05, 4.69) is 5.32 Å². The molecule has 0 saturated carbocycles. The Labute approximate surface area is 159 Å². The molecule has 0 bridgehead atoms. The van der Waals surface area contributed by atoms with Crippen LogP contribution in [-0.4, -0.2) is 38.1 Å². The van der Waals surface area contributed by atoms with Crippen molar-refractivity contribution in [3.05, 3.63) is 58.6 Å². The maximum atomic E-state index is 8.66. The lowest BCUT2D eigenvalue weighted by Crippen LogP contribution is -2.20. The summed E-state index contributed by atoms with van der Waals surface area (Å²) in [6, 6.07) is 13.5. The maximum absolute atomic E-state index is 8.66. The first kappa shape index (κ1) is 20.5. The molecule has 0 unspecified atom stereocenters. The van der Waals surface area contributed by atoms with Crippen LogP contribution in [0.25, 0.3) is 0 Å². The zero-order valence-electron chi connectivity index (χ0n) is 15.0. The Morgan fingerprint density at radius 3 is 2.65 bits per heavy atom. The summed E-state index contributed by atoms with van der Waals surface area (Å²) in [5.74, 6) is 1.44. The van der Waals surface area contributed by atoms with Crippen LogP contribution in [0.3, 0.4) is 0 Å². The molecule has 5 nitrogen and oxygen atoms in total. The SMILES string of the molecule is CCOc1cc(CNCCOCCO)ccc1OCc1cccc(Cl)c1.